The molecule has 3 aromatic carbocycles. The molecule has 0 bridgehead atoms. The van der Waals surface area contributed by atoms with Crippen molar-refractivity contribution in [1.29, 1.82) is 0 Å². The van der Waals surface area contributed by atoms with E-state index >= 15 is 0 Å². The second kappa shape index (κ2) is 19.0. The van der Waals surface area contributed by atoms with Crippen molar-refractivity contribution >= 4 is 48.9 Å². The van der Waals surface area contributed by atoms with E-state index < -0.39 is 0 Å². The zero-order valence-electron chi connectivity index (χ0n) is 38.5. The number of benzene rings is 3. The number of fused-ring (bicyclic) bond motifs is 3. The van der Waals surface area contributed by atoms with Gasteiger partial charge < -0.3 is 9.52 Å². The predicted octanol–water partition coefficient (Wildman–Crippen LogP) is 15.7. The van der Waals surface area contributed by atoms with E-state index in [4.69, 9.17) is 9.40 Å². The van der Waals surface area contributed by atoms with Gasteiger partial charge in [0.25, 0.3) is 0 Å². The summed E-state index contributed by atoms with van der Waals surface area (Å²) in [5.74, 6) is 2.72. The average molecular weight is 991 g/mol. The third kappa shape index (κ3) is 10.8. The van der Waals surface area contributed by atoms with Crippen LogP contribution in [0.15, 0.2) is 77.0 Å². The fourth-order valence-corrected chi connectivity index (χ4v) is 10.2. The van der Waals surface area contributed by atoms with Crippen molar-refractivity contribution in [3.8, 4) is 21.7 Å². The molecule has 3 heterocycles. The summed E-state index contributed by atoms with van der Waals surface area (Å²) in [6.45, 7) is 34.6. The number of aryl methyl sites for hydroxylation is 2. The maximum atomic E-state index is 12.3. The summed E-state index contributed by atoms with van der Waals surface area (Å²) in [6, 6.07) is 23.4. The van der Waals surface area contributed by atoms with Gasteiger partial charge in [0.1, 0.15) is 11.3 Å². The summed E-state index contributed by atoms with van der Waals surface area (Å²) in [5, 5.41) is 15.1. The summed E-state index contributed by atoms with van der Waals surface area (Å²) >= 11 is 1.82. The van der Waals surface area contributed by atoms with Gasteiger partial charge in [-0.3, -0.25) is 9.78 Å². The van der Waals surface area contributed by atoms with Crippen LogP contribution in [0.2, 0.25) is 0 Å². The van der Waals surface area contributed by atoms with Crippen LogP contribution in [0, 0.1) is 60.8 Å². The molecule has 0 aliphatic heterocycles. The number of aromatic nitrogens is 1. The van der Waals surface area contributed by atoms with Crippen LogP contribution < -0.4 is 0 Å². The minimum atomic E-state index is -0.0119. The number of allylic oxidation sites excluding steroid dienone is 2. The number of ketones is 1. The van der Waals surface area contributed by atoms with Gasteiger partial charge in [0.15, 0.2) is 5.78 Å². The number of nitrogens with zero attached hydrogens (tertiary/aromatic N) is 1. The number of thiophene rings is 1. The van der Waals surface area contributed by atoms with E-state index in [1.54, 1.807) is 0 Å². The number of pyridine rings is 1. The number of furan rings is 1. The zero-order chi connectivity index (χ0) is 43.0. The number of carbonyl (C=O) groups is 1. The van der Waals surface area contributed by atoms with Gasteiger partial charge in [-0.15, -0.1) is 40.5 Å². The Labute approximate surface area is 372 Å². The van der Waals surface area contributed by atoms with Gasteiger partial charge in [-0.25, -0.2) is 0 Å². The number of aliphatic hydroxyl groups is 1. The molecule has 1 N–H and O–H groups in total. The third-order valence-corrected chi connectivity index (χ3v) is 12.9. The van der Waals surface area contributed by atoms with Gasteiger partial charge in [0.2, 0.25) is 0 Å². The van der Waals surface area contributed by atoms with E-state index in [2.05, 4.69) is 171 Å². The van der Waals surface area contributed by atoms with Crippen LogP contribution in [-0.2, 0) is 36.7 Å². The number of rotatable bonds is 10. The normalized spacial score (nSPS) is 12.8. The first kappa shape index (κ1) is 48.1. The monoisotopic (exact) mass is 991 g/mol. The first-order chi connectivity index (χ1) is 27.0. The average Bonchev–Trinajstić information content (AvgIpc) is 3.60. The Bertz CT molecular complexity index is 2410. The van der Waals surface area contributed by atoms with E-state index in [1.807, 2.05) is 17.5 Å². The predicted molar refractivity (Wildman–Crippen MR) is 250 cm³/mol. The molecule has 0 aliphatic rings. The molecule has 0 saturated heterocycles. The quantitative estimate of drug-likeness (QED) is 0.0844. The Morgan fingerprint density at radius 2 is 1.41 bits per heavy atom. The summed E-state index contributed by atoms with van der Waals surface area (Å²) in [5.41, 5.74) is 8.28. The van der Waals surface area contributed by atoms with Crippen LogP contribution in [0.1, 0.15) is 119 Å². The van der Waals surface area contributed by atoms with Crippen molar-refractivity contribution in [2.24, 2.45) is 40.9 Å². The van der Waals surface area contributed by atoms with E-state index in [0.29, 0.717) is 23.7 Å². The largest absolute Gasteiger partial charge is 0.512 e. The van der Waals surface area contributed by atoms with Crippen LogP contribution >= 0.6 is 11.3 Å². The van der Waals surface area contributed by atoms with Crippen molar-refractivity contribution < 1.29 is 34.4 Å². The van der Waals surface area contributed by atoms with Gasteiger partial charge >= 0.3 is 0 Å². The van der Waals surface area contributed by atoms with Crippen molar-refractivity contribution in [1.82, 2.24) is 4.98 Å². The second-order valence-corrected chi connectivity index (χ2v) is 21.1. The first-order valence-electron chi connectivity index (χ1n) is 21.3. The van der Waals surface area contributed by atoms with Gasteiger partial charge in [0, 0.05) is 71.3 Å². The molecule has 0 spiro atoms. The first-order valence-corrected chi connectivity index (χ1v) is 22.1. The molecule has 3 aromatic heterocycles. The fourth-order valence-electron chi connectivity index (χ4n) is 8.88. The van der Waals surface area contributed by atoms with Crippen molar-refractivity contribution in [3.05, 3.63) is 101 Å². The minimum Gasteiger partial charge on any atom is -0.512 e. The standard InChI is InChI=1S/C36H36NOS.C17H32O2.Ir/c1-21-26-14-13-24(19-30(26)38-31(21)20-35(3,4)5)33-22(2)27-15-16-37-32(34(27)39-33)25-17-23-11-9-10-12-28(23)29(18-25)36(6,7)8;1-10(2)16(11(3)4)14(18)9-15(19)17(12(5)6)13(7)8;/h9-16,18-19H,20H2,1-8H3;9-13,16-18H,1-8H3;/q-1;;/b;14-9-;. The van der Waals surface area contributed by atoms with Crippen molar-refractivity contribution in [2.75, 3.05) is 0 Å². The molecular weight excluding hydrogens is 923 g/mol. The maximum absolute atomic E-state index is 12.3. The molecule has 0 unspecified atom stereocenters. The SMILES string of the molecule is CC(C)C(C(=O)/C=C(\O)C(C(C)C)C(C)C)C(C)C.Cc1c(CC(C)(C)C)oc2cc(-c3sc4c(-c5[c-]c6ccccc6c(C(C)(C)C)c5)nccc4c3C)ccc12.[Ir]. The molecule has 59 heavy (non-hydrogen) atoms. The molecule has 0 aliphatic carbocycles. The fraction of sp³-hybridized carbons (Fsp3) is 0.472. The maximum Gasteiger partial charge on any atom is 0.162 e. The summed E-state index contributed by atoms with van der Waals surface area (Å²) in [6.07, 6.45) is 4.35. The Morgan fingerprint density at radius 3 is 1.98 bits per heavy atom. The van der Waals surface area contributed by atoms with E-state index in [1.165, 1.54) is 54.1 Å². The smallest absolute Gasteiger partial charge is 0.162 e. The molecule has 0 atom stereocenters. The number of hydrogen-bond donors (Lipinski definition) is 1. The van der Waals surface area contributed by atoms with E-state index in [0.717, 1.165) is 34.4 Å². The van der Waals surface area contributed by atoms with Crippen LogP contribution in [0.4, 0.5) is 0 Å². The molecule has 0 fully saturated rings. The molecule has 0 amide bonds. The molecule has 6 aromatic rings. The molecule has 6 rings (SSSR count). The number of aliphatic hydroxyl groups excluding tert-OH is 1. The topological polar surface area (TPSA) is 63.3 Å². The molecule has 4 nitrogen and oxygen atoms in total. The van der Waals surface area contributed by atoms with Crippen LogP contribution in [0.25, 0.3) is 53.5 Å². The van der Waals surface area contributed by atoms with Gasteiger partial charge in [-0.2, -0.15) is 0 Å². The van der Waals surface area contributed by atoms with Gasteiger partial charge in [-0.1, -0.05) is 138 Å². The summed E-state index contributed by atoms with van der Waals surface area (Å²) in [4.78, 5) is 18.5. The van der Waals surface area contributed by atoms with E-state index in [-0.39, 0.29) is 54.3 Å². The Kier molecular flexibility index (Phi) is 15.5. The molecule has 6 heteroatoms. The molecular formula is C53H68IrNO3S-. The summed E-state index contributed by atoms with van der Waals surface area (Å²) in [7, 11) is 0. The second-order valence-electron chi connectivity index (χ2n) is 20.1. The number of hydrogen-bond acceptors (Lipinski definition) is 5. The van der Waals surface area contributed by atoms with Crippen LogP contribution in [-0.4, -0.2) is 15.9 Å². The van der Waals surface area contributed by atoms with Crippen molar-refractivity contribution in [2.45, 2.75) is 123 Å². The van der Waals surface area contributed by atoms with Crippen molar-refractivity contribution in [3.63, 3.8) is 0 Å². The minimum absolute atomic E-state index is 0. The van der Waals surface area contributed by atoms with Crippen LogP contribution in [0.3, 0.4) is 0 Å². The zero-order valence-corrected chi connectivity index (χ0v) is 41.7. The molecule has 1 radical (unpaired) electrons. The van der Waals surface area contributed by atoms with Gasteiger partial charge in [0.05, 0.1) is 5.76 Å². The third-order valence-electron chi connectivity index (χ3n) is 11.5. The van der Waals surface area contributed by atoms with Gasteiger partial charge in [-0.05, 0) is 82.6 Å². The Hall–Kier alpha value is -3.57. The molecule has 0 saturated carbocycles. The number of carbonyl (C=O) groups excluding carboxylic acids is 1. The molecule has 319 valence electrons. The Balaban J connectivity index is 0.000000329. The van der Waals surface area contributed by atoms with E-state index in [9.17, 15) is 9.90 Å². The van der Waals surface area contributed by atoms with Crippen LogP contribution in [0.5, 0.6) is 0 Å². The Morgan fingerprint density at radius 1 is 0.797 bits per heavy atom. The summed E-state index contributed by atoms with van der Waals surface area (Å²) < 4.78 is 7.63.